The van der Waals surface area contributed by atoms with E-state index < -0.39 is 0 Å². The average Bonchev–Trinajstić information content (AvgIpc) is 3.02. The number of aromatic nitrogens is 1. The van der Waals surface area contributed by atoms with E-state index in [-0.39, 0.29) is 5.91 Å². The third-order valence-electron chi connectivity index (χ3n) is 3.97. The lowest BCUT2D eigenvalue weighted by molar-refractivity contribution is -0.116. The lowest BCUT2D eigenvalue weighted by Crippen LogP contribution is -2.23. The Bertz CT molecular complexity index is 898. The molecule has 0 fully saturated rings. The van der Waals surface area contributed by atoms with Crippen LogP contribution in [0.3, 0.4) is 0 Å². The maximum atomic E-state index is 11.9. The summed E-state index contributed by atoms with van der Waals surface area (Å²) in [7, 11) is 1.62. The molecule has 3 aromatic rings. The Kier molecular flexibility index (Phi) is 5.41. The minimum atomic E-state index is -0.117. The predicted molar refractivity (Wildman–Crippen MR) is 102 cm³/mol. The van der Waals surface area contributed by atoms with Crippen LogP contribution in [0.5, 0.6) is 5.75 Å². The number of benzene rings is 2. The molecule has 1 heterocycles. The largest absolute Gasteiger partial charge is 0.497 e. The fourth-order valence-electron chi connectivity index (χ4n) is 2.62. The van der Waals surface area contributed by atoms with Crippen LogP contribution >= 0.6 is 11.6 Å². The van der Waals surface area contributed by atoms with Gasteiger partial charge in [0.2, 0.25) is 5.91 Å². The number of rotatable bonds is 6. The van der Waals surface area contributed by atoms with E-state index in [1.807, 2.05) is 48.7 Å². The summed E-state index contributed by atoms with van der Waals surface area (Å²) in [6.07, 6.45) is 6.01. The van der Waals surface area contributed by atoms with Gasteiger partial charge in [-0.05, 0) is 54.0 Å². The van der Waals surface area contributed by atoms with E-state index in [2.05, 4.69) is 10.3 Å². The number of hydrogen-bond donors (Lipinski definition) is 2. The van der Waals surface area contributed by atoms with Crippen molar-refractivity contribution in [3.63, 3.8) is 0 Å². The number of carbonyl (C=O) groups excluding carboxylic acids is 1. The van der Waals surface area contributed by atoms with Crippen molar-refractivity contribution in [3.05, 3.63) is 70.9 Å². The highest BCUT2D eigenvalue weighted by Gasteiger charge is 2.04. The topological polar surface area (TPSA) is 54.1 Å². The van der Waals surface area contributed by atoms with Crippen molar-refractivity contribution in [2.75, 3.05) is 13.7 Å². The summed E-state index contributed by atoms with van der Waals surface area (Å²) in [6.45, 7) is 0.561. The highest BCUT2D eigenvalue weighted by molar-refractivity contribution is 6.31. The fourth-order valence-corrected chi connectivity index (χ4v) is 2.80. The number of carbonyl (C=O) groups is 1. The Morgan fingerprint density at radius 3 is 2.80 bits per heavy atom. The lowest BCUT2D eigenvalue weighted by Gasteiger charge is -2.02. The zero-order chi connectivity index (χ0) is 17.6. The zero-order valence-corrected chi connectivity index (χ0v) is 14.6. The molecule has 0 aliphatic carbocycles. The van der Waals surface area contributed by atoms with Crippen LogP contribution in [-0.4, -0.2) is 24.5 Å². The van der Waals surface area contributed by atoms with E-state index in [0.29, 0.717) is 11.6 Å². The van der Waals surface area contributed by atoms with Crippen LogP contribution in [0.4, 0.5) is 0 Å². The number of fused-ring (bicyclic) bond motifs is 1. The summed E-state index contributed by atoms with van der Waals surface area (Å²) in [4.78, 5) is 15.1. The van der Waals surface area contributed by atoms with E-state index in [0.717, 1.165) is 34.2 Å². The molecule has 128 valence electrons. The first kappa shape index (κ1) is 17.1. The summed E-state index contributed by atoms with van der Waals surface area (Å²) < 4.78 is 5.11. The van der Waals surface area contributed by atoms with Gasteiger partial charge in [0, 0.05) is 34.7 Å². The molecule has 2 N–H and O–H groups in total. The zero-order valence-electron chi connectivity index (χ0n) is 13.9. The molecule has 0 aliphatic rings. The highest BCUT2D eigenvalue weighted by atomic mass is 35.5. The van der Waals surface area contributed by atoms with Crippen LogP contribution < -0.4 is 10.1 Å². The van der Waals surface area contributed by atoms with Crippen LogP contribution in [0.25, 0.3) is 17.0 Å². The molecule has 0 bridgehead atoms. The number of methoxy groups -OCH3 is 1. The van der Waals surface area contributed by atoms with E-state index >= 15 is 0 Å². The highest BCUT2D eigenvalue weighted by Crippen LogP contribution is 2.22. The van der Waals surface area contributed by atoms with Gasteiger partial charge in [-0.25, -0.2) is 0 Å². The first-order valence-electron chi connectivity index (χ1n) is 8.01. The Hall–Kier alpha value is -2.72. The van der Waals surface area contributed by atoms with E-state index in [4.69, 9.17) is 16.3 Å². The summed E-state index contributed by atoms with van der Waals surface area (Å²) in [5, 5.41) is 4.70. The Balaban J connectivity index is 1.53. The van der Waals surface area contributed by atoms with Crippen LogP contribution in [0.15, 0.2) is 54.7 Å². The predicted octanol–water partition coefficient (Wildman–Crippen LogP) is 4.20. The Morgan fingerprint density at radius 2 is 2.04 bits per heavy atom. The van der Waals surface area contributed by atoms with Crippen molar-refractivity contribution in [1.29, 1.82) is 0 Å². The number of aromatic amines is 1. The van der Waals surface area contributed by atoms with Crippen molar-refractivity contribution < 1.29 is 9.53 Å². The quantitative estimate of drug-likeness (QED) is 0.652. The van der Waals surface area contributed by atoms with Gasteiger partial charge in [-0.2, -0.15) is 0 Å². The molecule has 0 aliphatic heterocycles. The van der Waals surface area contributed by atoms with Crippen molar-refractivity contribution in [2.24, 2.45) is 0 Å². The molecule has 25 heavy (non-hydrogen) atoms. The first-order chi connectivity index (χ1) is 12.2. The molecule has 1 amide bonds. The second-order valence-corrected chi connectivity index (χ2v) is 6.09. The first-order valence-corrected chi connectivity index (χ1v) is 8.39. The van der Waals surface area contributed by atoms with Gasteiger partial charge in [0.1, 0.15) is 5.75 Å². The number of hydrogen-bond acceptors (Lipinski definition) is 2. The monoisotopic (exact) mass is 354 g/mol. The van der Waals surface area contributed by atoms with Gasteiger partial charge >= 0.3 is 0 Å². The van der Waals surface area contributed by atoms with Gasteiger partial charge in [-0.1, -0.05) is 23.7 Å². The summed E-state index contributed by atoms with van der Waals surface area (Å²) in [5.41, 5.74) is 3.13. The lowest BCUT2D eigenvalue weighted by atomic mass is 10.1. The van der Waals surface area contributed by atoms with Gasteiger partial charge < -0.3 is 15.0 Å². The van der Waals surface area contributed by atoms with E-state index in [9.17, 15) is 4.79 Å². The van der Waals surface area contributed by atoms with Gasteiger partial charge in [-0.15, -0.1) is 0 Å². The molecule has 1 aromatic heterocycles. The molecule has 0 spiro atoms. The molecule has 4 nitrogen and oxygen atoms in total. The summed E-state index contributed by atoms with van der Waals surface area (Å²) >= 11 is 6.05. The number of nitrogens with one attached hydrogen (secondary N) is 2. The third kappa shape index (κ3) is 4.43. The van der Waals surface area contributed by atoms with Crippen LogP contribution in [0.2, 0.25) is 5.02 Å². The van der Waals surface area contributed by atoms with Gasteiger partial charge in [0.25, 0.3) is 0 Å². The van der Waals surface area contributed by atoms with Gasteiger partial charge in [-0.3, -0.25) is 4.79 Å². The molecule has 0 saturated carbocycles. The number of halogens is 1. The minimum absolute atomic E-state index is 0.117. The minimum Gasteiger partial charge on any atom is -0.497 e. The van der Waals surface area contributed by atoms with E-state index in [1.54, 1.807) is 13.2 Å². The van der Waals surface area contributed by atoms with Crippen LogP contribution in [0, 0.1) is 0 Å². The second-order valence-electron chi connectivity index (χ2n) is 5.65. The average molecular weight is 355 g/mol. The molecular formula is C20H19ClN2O2. The summed E-state index contributed by atoms with van der Waals surface area (Å²) in [5.74, 6) is 0.675. The Labute approximate surface area is 151 Å². The SMILES string of the molecule is COc1ccc(/C=C/C(=O)NCCc2c[nH]c3ccc(Cl)cc23)cc1. The standard InChI is InChI=1S/C20H19ClN2O2/c1-25-17-6-2-14(3-7-17)4-9-20(24)22-11-10-15-13-23-19-8-5-16(21)12-18(15)19/h2-9,12-13,23H,10-11H2,1H3,(H,22,24)/b9-4+. The number of ether oxygens (including phenoxy) is 1. The van der Waals surface area contributed by atoms with E-state index in [1.165, 1.54) is 6.08 Å². The van der Waals surface area contributed by atoms with Crippen LogP contribution in [0.1, 0.15) is 11.1 Å². The normalized spacial score (nSPS) is 11.1. The molecule has 3 rings (SSSR count). The molecule has 2 aromatic carbocycles. The smallest absolute Gasteiger partial charge is 0.244 e. The van der Waals surface area contributed by atoms with Crippen molar-refractivity contribution in [1.82, 2.24) is 10.3 Å². The van der Waals surface area contributed by atoms with Crippen molar-refractivity contribution in [3.8, 4) is 5.75 Å². The molecule has 5 heteroatoms. The molecule has 0 radical (unpaired) electrons. The van der Waals surface area contributed by atoms with Gasteiger partial charge in [0.05, 0.1) is 7.11 Å². The third-order valence-corrected chi connectivity index (χ3v) is 4.20. The summed E-state index contributed by atoms with van der Waals surface area (Å²) in [6, 6.07) is 13.3. The molecule has 0 saturated heterocycles. The Morgan fingerprint density at radius 1 is 1.24 bits per heavy atom. The van der Waals surface area contributed by atoms with Gasteiger partial charge in [0.15, 0.2) is 0 Å². The molecule has 0 atom stereocenters. The number of H-pyrrole nitrogens is 1. The van der Waals surface area contributed by atoms with Crippen molar-refractivity contribution in [2.45, 2.75) is 6.42 Å². The fraction of sp³-hybridized carbons (Fsp3) is 0.150. The maximum absolute atomic E-state index is 11.9. The second kappa shape index (κ2) is 7.90. The number of amides is 1. The maximum Gasteiger partial charge on any atom is 0.244 e. The van der Waals surface area contributed by atoms with Crippen molar-refractivity contribution >= 4 is 34.5 Å². The molecular weight excluding hydrogens is 336 g/mol. The van der Waals surface area contributed by atoms with Crippen LogP contribution in [-0.2, 0) is 11.2 Å². The molecule has 0 unspecified atom stereocenters.